The van der Waals surface area contributed by atoms with Gasteiger partial charge in [-0.15, -0.1) is 0 Å². The number of ether oxygens (including phenoxy) is 1. The van der Waals surface area contributed by atoms with E-state index in [1.807, 2.05) is 19.1 Å². The normalized spacial score (nSPS) is 13.5. The third kappa shape index (κ3) is 6.11. The van der Waals surface area contributed by atoms with E-state index in [-0.39, 0.29) is 4.90 Å². The van der Waals surface area contributed by atoms with E-state index in [0.717, 1.165) is 31.5 Å². The molecule has 9 heteroatoms. The lowest BCUT2D eigenvalue weighted by molar-refractivity contribution is 0.415. The predicted molar refractivity (Wildman–Crippen MR) is 131 cm³/mol. The topological polar surface area (TPSA) is 82.7 Å². The highest BCUT2D eigenvalue weighted by Crippen LogP contribution is 2.32. The molecular formula is C22H28N4O3S2. The van der Waals surface area contributed by atoms with Crippen LogP contribution in [0.5, 0.6) is 5.75 Å². The lowest BCUT2D eigenvalue weighted by Crippen LogP contribution is -2.30. The van der Waals surface area contributed by atoms with Crippen molar-refractivity contribution in [3.05, 3.63) is 54.6 Å². The molecule has 3 rings (SSSR count). The van der Waals surface area contributed by atoms with E-state index >= 15 is 0 Å². The molecule has 2 aromatic rings. The summed E-state index contributed by atoms with van der Waals surface area (Å²) in [5, 5.41) is 6.51. The first-order chi connectivity index (χ1) is 14.8. The molecule has 7 nitrogen and oxygen atoms in total. The Morgan fingerprint density at radius 3 is 2.39 bits per heavy atom. The number of thiocarbonyl (C=S) groups is 1. The van der Waals surface area contributed by atoms with Crippen molar-refractivity contribution in [2.75, 3.05) is 41.7 Å². The highest BCUT2D eigenvalue weighted by molar-refractivity contribution is 7.93. The zero-order chi connectivity index (χ0) is 22.4. The Bertz CT molecular complexity index is 1050. The van der Waals surface area contributed by atoms with Crippen molar-refractivity contribution in [2.24, 2.45) is 0 Å². The summed E-state index contributed by atoms with van der Waals surface area (Å²) in [6.45, 7) is 7.94. The molecule has 0 aliphatic carbocycles. The Morgan fingerprint density at radius 2 is 1.77 bits per heavy atom. The molecule has 0 amide bonds. The van der Waals surface area contributed by atoms with E-state index in [9.17, 15) is 8.42 Å². The molecule has 2 aromatic carbocycles. The summed E-state index contributed by atoms with van der Waals surface area (Å²) < 4.78 is 34.5. The molecule has 0 radical (unpaired) electrons. The van der Waals surface area contributed by atoms with E-state index in [0.29, 0.717) is 34.5 Å². The average Bonchev–Trinajstić information content (AvgIpc) is 3.27. The van der Waals surface area contributed by atoms with E-state index in [4.69, 9.17) is 17.0 Å². The van der Waals surface area contributed by atoms with E-state index < -0.39 is 10.0 Å². The lowest BCUT2D eigenvalue weighted by Gasteiger charge is -2.23. The average molecular weight is 461 g/mol. The SMILES string of the molecule is C=C(C)CNC(=S)Nc1ccc(N2CCCC2)c(S(=O)(=O)Nc2ccc(OC)cc2)c1. The van der Waals surface area contributed by atoms with Crippen LogP contribution in [-0.4, -0.2) is 40.3 Å². The molecule has 0 atom stereocenters. The van der Waals surface area contributed by atoms with Gasteiger partial charge in [-0.1, -0.05) is 12.2 Å². The third-order valence-electron chi connectivity index (χ3n) is 4.85. The van der Waals surface area contributed by atoms with Crippen LogP contribution in [-0.2, 0) is 10.0 Å². The molecule has 3 N–H and O–H groups in total. The van der Waals surface area contributed by atoms with Crippen molar-refractivity contribution < 1.29 is 13.2 Å². The van der Waals surface area contributed by atoms with Gasteiger partial charge in [-0.2, -0.15) is 0 Å². The second-order valence-electron chi connectivity index (χ2n) is 7.48. The first-order valence-corrected chi connectivity index (χ1v) is 11.9. The van der Waals surface area contributed by atoms with Gasteiger partial charge in [0.05, 0.1) is 12.8 Å². The molecule has 0 bridgehead atoms. The van der Waals surface area contributed by atoms with Crippen LogP contribution in [0.1, 0.15) is 19.8 Å². The van der Waals surface area contributed by atoms with Crippen LogP contribution in [0, 0.1) is 0 Å². The van der Waals surface area contributed by atoms with Gasteiger partial charge >= 0.3 is 0 Å². The maximum absolute atomic E-state index is 13.3. The van der Waals surface area contributed by atoms with Crippen LogP contribution >= 0.6 is 12.2 Å². The van der Waals surface area contributed by atoms with E-state index in [2.05, 4.69) is 26.8 Å². The van der Waals surface area contributed by atoms with Crippen molar-refractivity contribution in [3.8, 4) is 5.75 Å². The fourth-order valence-electron chi connectivity index (χ4n) is 3.30. The molecule has 166 valence electrons. The lowest BCUT2D eigenvalue weighted by atomic mass is 10.2. The minimum absolute atomic E-state index is 0.206. The largest absolute Gasteiger partial charge is 0.497 e. The Kier molecular flexibility index (Phi) is 7.40. The molecule has 1 aliphatic heterocycles. The van der Waals surface area contributed by atoms with E-state index in [1.54, 1.807) is 37.4 Å². The number of hydrogen-bond donors (Lipinski definition) is 3. The van der Waals surface area contributed by atoms with Gasteiger partial charge in [0.1, 0.15) is 10.6 Å². The van der Waals surface area contributed by atoms with Gasteiger partial charge in [-0.05, 0) is 74.4 Å². The van der Waals surface area contributed by atoms with Crippen LogP contribution < -0.4 is 25.0 Å². The minimum atomic E-state index is -3.84. The maximum Gasteiger partial charge on any atom is 0.264 e. The van der Waals surface area contributed by atoms with Gasteiger partial charge in [-0.3, -0.25) is 4.72 Å². The first kappa shape index (κ1) is 22.9. The highest BCUT2D eigenvalue weighted by atomic mass is 32.2. The Hall–Kier alpha value is -2.78. The van der Waals surface area contributed by atoms with Gasteiger partial charge in [0.2, 0.25) is 0 Å². The number of nitrogens with zero attached hydrogens (tertiary/aromatic N) is 1. The van der Waals surface area contributed by atoms with Crippen LogP contribution in [0.3, 0.4) is 0 Å². The van der Waals surface area contributed by atoms with Crippen molar-refractivity contribution in [2.45, 2.75) is 24.7 Å². The second kappa shape index (κ2) is 10.0. The summed E-state index contributed by atoms with van der Waals surface area (Å²) in [4.78, 5) is 2.31. The molecule has 0 unspecified atom stereocenters. The molecule has 1 saturated heterocycles. The number of benzene rings is 2. The third-order valence-corrected chi connectivity index (χ3v) is 6.50. The minimum Gasteiger partial charge on any atom is -0.497 e. The number of hydrogen-bond acceptors (Lipinski definition) is 5. The van der Waals surface area contributed by atoms with Crippen molar-refractivity contribution in [3.63, 3.8) is 0 Å². The van der Waals surface area contributed by atoms with Gasteiger partial charge in [0.15, 0.2) is 5.11 Å². The molecule has 1 fully saturated rings. The Labute approximate surface area is 189 Å². The van der Waals surface area contributed by atoms with Crippen LogP contribution in [0.4, 0.5) is 17.1 Å². The molecule has 1 aliphatic rings. The van der Waals surface area contributed by atoms with Crippen LogP contribution in [0.2, 0.25) is 0 Å². The highest BCUT2D eigenvalue weighted by Gasteiger charge is 2.25. The van der Waals surface area contributed by atoms with Gasteiger partial charge in [0, 0.05) is 31.0 Å². The molecule has 0 aromatic heterocycles. The predicted octanol–water partition coefficient (Wildman–Crippen LogP) is 3.96. The standard InChI is InChI=1S/C22H28N4O3S2/c1-16(2)15-23-22(30)24-18-8-11-20(26-12-4-5-13-26)21(14-18)31(27,28)25-17-6-9-19(29-3)10-7-17/h6-11,14,25H,1,4-5,12-13,15H2,2-3H3,(H2,23,24,30). The molecule has 1 heterocycles. The first-order valence-electron chi connectivity index (χ1n) is 10.0. The summed E-state index contributed by atoms with van der Waals surface area (Å²) in [7, 11) is -2.27. The molecular weight excluding hydrogens is 432 g/mol. The number of sulfonamides is 1. The molecule has 31 heavy (non-hydrogen) atoms. The number of rotatable bonds is 8. The number of methoxy groups -OCH3 is 1. The Balaban J connectivity index is 1.89. The summed E-state index contributed by atoms with van der Waals surface area (Å²) in [6.07, 6.45) is 2.08. The quantitative estimate of drug-likeness (QED) is 0.406. The molecule has 0 spiro atoms. The number of nitrogens with one attached hydrogen (secondary N) is 3. The molecule has 0 saturated carbocycles. The van der Waals surface area contributed by atoms with Gasteiger partial charge in [0.25, 0.3) is 10.0 Å². The smallest absolute Gasteiger partial charge is 0.264 e. The van der Waals surface area contributed by atoms with Gasteiger partial charge < -0.3 is 20.3 Å². The number of anilines is 3. The second-order valence-corrected chi connectivity index (χ2v) is 9.53. The zero-order valence-electron chi connectivity index (χ0n) is 17.8. The van der Waals surface area contributed by atoms with E-state index in [1.165, 1.54) is 0 Å². The van der Waals surface area contributed by atoms with Crippen molar-refractivity contribution >= 4 is 44.4 Å². The summed E-state index contributed by atoms with van der Waals surface area (Å²) >= 11 is 5.31. The van der Waals surface area contributed by atoms with Crippen molar-refractivity contribution in [1.82, 2.24) is 5.32 Å². The fraction of sp³-hybridized carbons (Fsp3) is 0.318. The summed E-state index contributed by atoms with van der Waals surface area (Å²) in [5.74, 6) is 0.655. The van der Waals surface area contributed by atoms with Crippen molar-refractivity contribution in [1.29, 1.82) is 0 Å². The summed E-state index contributed by atoms with van der Waals surface area (Å²) in [5.41, 5.74) is 2.69. The van der Waals surface area contributed by atoms with Crippen LogP contribution in [0.15, 0.2) is 59.5 Å². The Morgan fingerprint density at radius 1 is 1.13 bits per heavy atom. The van der Waals surface area contributed by atoms with Gasteiger partial charge in [-0.25, -0.2) is 8.42 Å². The zero-order valence-corrected chi connectivity index (χ0v) is 19.4. The van der Waals surface area contributed by atoms with Crippen LogP contribution in [0.25, 0.3) is 0 Å². The fourth-order valence-corrected chi connectivity index (χ4v) is 4.80. The maximum atomic E-state index is 13.3. The monoisotopic (exact) mass is 460 g/mol. The summed E-state index contributed by atoms with van der Waals surface area (Å²) in [6, 6.07) is 12.1.